The molecule has 0 aromatic heterocycles. The normalized spacial score (nSPS) is 14.7. The summed E-state index contributed by atoms with van der Waals surface area (Å²) in [4.78, 5) is 0. The van der Waals surface area contributed by atoms with Gasteiger partial charge in [-0.05, 0) is 30.5 Å². The van der Waals surface area contributed by atoms with Crippen LogP contribution in [0, 0.1) is 0 Å². The van der Waals surface area contributed by atoms with Gasteiger partial charge in [0.05, 0.1) is 12.7 Å². The third kappa shape index (κ3) is 5.72. The average Bonchev–Trinajstić information content (AvgIpc) is 2.44. The van der Waals surface area contributed by atoms with Gasteiger partial charge in [-0.25, -0.2) is 0 Å². The fourth-order valence-electron chi connectivity index (χ4n) is 2.06. The fraction of sp³-hybridized carbons (Fsp3) is 0.500. The van der Waals surface area contributed by atoms with E-state index < -0.39 is 9.76 Å². The van der Waals surface area contributed by atoms with E-state index in [1.54, 1.807) is 0 Å². The molecule has 0 fully saturated rings. The molecule has 0 spiro atoms. The highest BCUT2D eigenvalue weighted by molar-refractivity contribution is 6.29. The number of hydrogen-bond donors (Lipinski definition) is 0. The first kappa shape index (κ1) is 16.2. The van der Waals surface area contributed by atoms with E-state index in [4.69, 9.17) is 9.16 Å². The van der Waals surface area contributed by atoms with Gasteiger partial charge < -0.3 is 9.16 Å². The SMILES string of the molecule is C=Cc1ccc(CO[SiH2]C(CC)C(C)OCC)cc1. The van der Waals surface area contributed by atoms with E-state index >= 15 is 0 Å². The smallest absolute Gasteiger partial charge is 0.167 e. The van der Waals surface area contributed by atoms with Crippen molar-refractivity contribution in [1.82, 2.24) is 0 Å². The van der Waals surface area contributed by atoms with Crippen molar-refractivity contribution in [2.45, 2.75) is 45.4 Å². The minimum atomic E-state index is -0.546. The molecule has 0 aliphatic carbocycles. The zero-order chi connectivity index (χ0) is 14.1. The molecule has 0 radical (unpaired) electrons. The van der Waals surface area contributed by atoms with Gasteiger partial charge >= 0.3 is 0 Å². The topological polar surface area (TPSA) is 18.5 Å². The van der Waals surface area contributed by atoms with Gasteiger partial charge in [0.2, 0.25) is 0 Å². The Kier molecular flexibility index (Phi) is 7.71. The van der Waals surface area contributed by atoms with Crippen LogP contribution in [0.4, 0.5) is 0 Å². The zero-order valence-corrected chi connectivity index (χ0v) is 13.8. The molecule has 0 saturated carbocycles. The zero-order valence-electron chi connectivity index (χ0n) is 12.4. The molecular weight excluding hydrogens is 252 g/mol. The van der Waals surface area contributed by atoms with Crippen molar-refractivity contribution in [2.75, 3.05) is 6.61 Å². The lowest BCUT2D eigenvalue weighted by atomic mass is 10.1. The van der Waals surface area contributed by atoms with Crippen molar-refractivity contribution in [1.29, 1.82) is 0 Å². The maximum absolute atomic E-state index is 5.95. The van der Waals surface area contributed by atoms with E-state index in [-0.39, 0.29) is 0 Å². The Bertz CT molecular complexity index is 362. The van der Waals surface area contributed by atoms with Gasteiger partial charge in [0.25, 0.3) is 0 Å². The second-order valence-electron chi connectivity index (χ2n) is 4.79. The van der Waals surface area contributed by atoms with Crippen LogP contribution in [0.1, 0.15) is 38.3 Å². The number of rotatable bonds is 9. The van der Waals surface area contributed by atoms with Crippen molar-refractivity contribution in [3.63, 3.8) is 0 Å². The average molecular weight is 278 g/mol. The van der Waals surface area contributed by atoms with E-state index in [1.807, 2.05) is 13.0 Å². The van der Waals surface area contributed by atoms with E-state index in [0.29, 0.717) is 11.6 Å². The molecule has 0 aliphatic heterocycles. The number of benzene rings is 1. The highest BCUT2D eigenvalue weighted by Crippen LogP contribution is 2.18. The van der Waals surface area contributed by atoms with Gasteiger partial charge in [-0.3, -0.25) is 0 Å². The van der Waals surface area contributed by atoms with Gasteiger partial charge in [0.15, 0.2) is 9.76 Å². The molecule has 1 aromatic carbocycles. The van der Waals surface area contributed by atoms with E-state index in [0.717, 1.165) is 25.2 Å². The molecule has 0 bridgehead atoms. The molecule has 2 nitrogen and oxygen atoms in total. The van der Waals surface area contributed by atoms with Crippen LogP contribution in [0.15, 0.2) is 30.8 Å². The van der Waals surface area contributed by atoms with Crippen molar-refractivity contribution in [3.05, 3.63) is 42.0 Å². The molecule has 106 valence electrons. The quantitative estimate of drug-likeness (QED) is 0.643. The summed E-state index contributed by atoms with van der Waals surface area (Å²) in [5.74, 6) is 0. The summed E-state index contributed by atoms with van der Waals surface area (Å²) in [5, 5.41) is 0. The largest absolute Gasteiger partial charge is 0.419 e. The third-order valence-electron chi connectivity index (χ3n) is 3.43. The van der Waals surface area contributed by atoms with Gasteiger partial charge in [-0.15, -0.1) is 0 Å². The highest BCUT2D eigenvalue weighted by atomic mass is 28.2. The molecule has 1 rings (SSSR count). The lowest BCUT2D eigenvalue weighted by molar-refractivity contribution is 0.0662. The van der Waals surface area contributed by atoms with Crippen LogP contribution >= 0.6 is 0 Å². The van der Waals surface area contributed by atoms with Crippen molar-refractivity contribution >= 4 is 15.8 Å². The van der Waals surface area contributed by atoms with Crippen molar-refractivity contribution < 1.29 is 9.16 Å². The lowest BCUT2D eigenvalue weighted by Gasteiger charge is -2.22. The van der Waals surface area contributed by atoms with Crippen LogP contribution in [-0.2, 0) is 15.8 Å². The fourth-order valence-corrected chi connectivity index (χ4v) is 3.36. The molecule has 2 atom stereocenters. The van der Waals surface area contributed by atoms with Gasteiger partial charge in [0.1, 0.15) is 0 Å². The first-order valence-electron chi connectivity index (χ1n) is 7.11. The molecule has 0 amide bonds. The Labute approximate surface area is 119 Å². The lowest BCUT2D eigenvalue weighted by Crippen LogP contribution is -2.22. The van der Waals surface area contributed by atoms with Gasteiger partial charge in [0, 0.05) is 6.61 Å². The molecular formula is C16H26O2Si. The predicted molar refractivity (Wildman–Crippen MR) is 85.0 cm³/mol. The summed E-state index contributed by atoms with van der Waals surface area (Å²) < 4.78 is 11.6. The standard InChI is InChI=1S/C16H26O2Si/c1-5-14-8-10-15(11-9-14)12-18-19-16(6-2)13(4)17-7-3/h5,8-11,13,16H,1,6-7,12,19H2,2-4H3. The first-order valence-corrected chi connectivity index (χ1v) is 8.51. The highest BCUT2D eigenvalue weighted by Gasteiger charge is 2.16. The van der Waals surface area contributed by atoms with Crippen molar-refractivity contribution in [3.8, 4) is 0 Å². The maximum Gasteiger partial charge on any atom is 0.167 e. The molecule has 1 aromatic rings. The van der Waals surface area contributed by atoms with E-state index in [2.05, 4.69) is 44.7 Å². The van der Waals surface area contributed by atoms with Crippen LogP contribution < -0.4 is 0 Å². The Morgan fingerprint density at radius 3 is 2.47 bits per heavy atom. The summed E-state index contributed by atoms with van der Waals surface area (Å²) in [6.07, 6.45) is 3.32. The van der Waals surface area contributed by atoms with Crippen LogP contribution in [0.2, 0.25) is 5.54 Å². The summed E-state index contributed by atoms with van der Waals surface area (Å²) in [6.45, 7) is 11.7. The summed E-state index contributed by atoms with van der Waals surface area (Å²) >= 11 is 0. The monoisotopic (exact) mass is 278 g/mol. The van der Waals surface area contributed by atoms with Gasteiger partial charge in [-0.1, -0.05) is 50.3 Å². The molecule has 0 heterocycles. The minimum Gasteiger partial charge on any atom is -0.419 e. The third-order valence-corrected chi connectivity index (χ3v) is 5.54. The Balaban J connectivity index is 2.36. The summed E-state index contributed by atoms with van der Waals surface area (Å²) in [7, 11) is -0.546. The van der Waals surface area contributed by atoms with Crippen LogP contribution in [0.25, 0.3) is 6.08 Å². The maximum atomic E-state index is 5.95. The van der Waals surface area contributed by atoms with E-state index in [9.17, 15) is 0 Å². The molecule has 0 aliphatic rings. The molecule has 0 N–H and O–H groups in total. The minimum absolute atomic E-state index is 0.324. The van der Waals surface area contributed by atoms with Crippen LogP contribution in [-0.4, -0.2) is 22.5 Å². The Hall–Kier alpha value is -0.903. The molecule has 2 unspecified atom stereocenters. The molecule has 0 saturated heterocycles. The van der Waals surface area contributed by atoms with Crippen molar-refractivity contribution in [2.24, 2.45) is 0 Å². The second-order valence-corrected chi connectivity index (χ2v) is 6.58. The second kappa shape index (κ2) is 9.07. The van der Waals surface area contributed by atoms with Crippen LogP contribution in [0.3, 0.4) is 0 Å². The molecule has 3 heteroatoms. The number of hydrogen-bond acceptors (Lipinski definition) is 2. The summed E-state index contributed by atoms with van der Waals surface area (Å²) in [5.41, 5.74) is 2.99. The molecule has 19 heavy (non-hydrogen) atoms. The van der Waals surface area contributed by atoms with E-state index in [1.165, 1.54) is 5.56 Å². The number of ether oxygens (including phenoxy) is 1. The predicted octanol–water partition coefficient (Wildman–Crippen LogP) is 3.55. The Morgan fingerprint density at radius 2 is 1.95 bits per heavy atom. The van der Waals surface area contributed by atoms with Crippen LogP contribution in [0.5, 0.6) is 0 Å². The van der Waals surface area contributed by atoms with Gasteiger partial charge in [-0.2, -0.15) is 0 Å². The Morgan fingerprint density at radius 1 is 1.26 bits per heavy atom. The first-order chi connectivity index (χ1) is 9.21. The summed E-state index contributed by atoms with van der Waals surface area (Å²) in [6, 6.07) is 8.37.